The number of fused-ring (bicyclic) bond motifs is 3. The zero-order valence-corrected chi connectivity index (χ0v) is 14.4. The van der Waals surface area contributed by atoms with E-state index in [9.17, 15) is 9.59 Å². The molecule has 5 nitrogen and oxygen atoms in total. The van der Waals surface area contributed by atoms with Crippen molar-refractivity contribution in [2.24, 2.45) is 0 Å². The summed E-state index contributed by atoms with van der Waals surface area (Å²) in [5.41, 5.74) is 0.0215. The average Bonchev–Trinajstić information content (AvgIpc) is 2.61. The van der Waals surface area contributed by atoms with Gasteiger partial charge in [0.05, 0.1) is 11.5 Å². The second-order valence-electron chi connectivity index (χ2n) is 6.01. The molecule has 0 radical (unpaired) electrons. The summed E-state index contributed by atoms with van der Waals surface area (Å²) in [4.78, 5) is 24.1. The molecule has 0 aliphatic heterocycles. The maximum atomic E-state index is 12.1. The molecular formula is C20H20O5. The molecule has 0 amide bonds. The lowest BCUT2D eigenvalue weighted by atomic mass is 10.1. The van der Waals surface area contributed by atoms with Crippen LogP contribution in [0.3, 0.4) is 0 Å². The molecule has 0 saturated heterocycles. The van der Waals surface area contributed by atoms with Gasteiger partial charge in [-0.15, -0.1) is 0 Å². The van der Waals surface area contributed by atoms with Crippen molar-refractivity contribution in [3.8, 4) is 5.75 Å². The van der Waals surface area contributed by atoms with Crippen LogP contribution in [0.15, 0.2) is 51.7 Å². The Balaban J connectivity index is 1.90. The van der Waals surface area contributed by atoms with Crippen molar-refractivity contribution in [1.29, 1.82) is 0 Å². The fraction of sp³-hybridized carbons (Fsp3) is 0.300. The van der Waals surface area contributed by atoms with Gasteiger partial charge in [0.2, 0.25) is 0 Å². The molecule has 25 heavy (non-hydrogen) atoms. The number of hydrogen-bond donors (Lipinski definition) is 0. The first-order valence-corrected chi connectivity index (χ1v) is 8.32. The number of ether oxygens (including phenoxy) is 2. The number of hydrogen-bond acceptors (Lipinski definition) is 5. The highest BCUT2D eigenvalue weighted by atomic mass is 16.6. The molecule has 0 saturated carbocycles. The molecule has 0 spiro atoms. The highest BCUT2D eigenvalue weighted by molar-refractivity contribution is 6.04. The van der Waals surface area contributed by atoms with E-state index in [-0.39, 0.29) is 6.10 Å². The van der Waals surface area contributed by atoms with Crippen LogP contribution < -0.4 is 10.4 Å². The highest BCUT2D eigenvalue weighted by Crippen LogP contribution is 2.26. The van der Waals surface area contributed by atoms with Gasteiger partial charge in [-0.1, -0.05) is 25.1 Å². The van der Waals surface area contributed by atoms with Crippen molar-refractivity contribution in [3.05, 3.63) is 52.9 Å². The molecule has 130 valence electrons. The average molecular weight is 340 g/mol. The standard InChI is InChI=1S/C20H20O5/c1-4-12(2)23-19(21)13(3)24-14-9-10-16-15-7-5-6-8-17(15)20(22)25-18(16)11-14/h5-13H,4H2,1-3H3/t12-,13+/m1/s1. The van der Waals surface area contributed by atoms with E-state index in [1.54, 1.807) is 31.2 Å². The predicted octanol–water partition coefficient (Wildman–Crippen LogP) is 4.06. The Morgan fingerprint density at radius 1 is 1.08 bits per heavy atom. The number of carbonyl (C=O) groups excluding carboxylic acids is 1. The van der Waals surface area contributed by atoms with Gasteiger partial charge in [0, 0.05) is 11.5 Å². The van der Waals surface area contributed by atoms with E-state index in [0.717, 1.165) is 17.2 Å². The molecule has 3 aromatic rings. The number of esters is 1. The van der Waals surface area contributed by atoms with E-state index in [0.29, 0.717) is 16.7 Å². The maximum Gasteiger partial charge on any atom is 0.347 e. The van der Waals surface area contributed by atoms with Crippen LogP contribution in [0.2, 0.25) is 0 Å². The largest absolute Gasteiger partial charge is 0.479 e. The number of carbonyl (C=O) groups is 1. The summed E-state index contributed by atoms with van der Waals surface area (Å²) in [6.45, 7) is 5.41. The second kappa shape index (κ2) is 6.97. The predicted molar refractivity (Wildman–Crippen MR) is 95.9 cm³/mol. The van der Waals surface area contributed by atoms with Gasteiger partial charge in [-0.2, -0.15) is 0 Å². The fourth-order valence-corrected chi connectivity index (χ4v) is 2.56. The molecule has 0 fully saturated rings. The van der Waals surface area contributed by atoms with Crippen molar-refractivity contribution < 1.29 is 18.7 Å². The van der Waals surface area contributed by atoms with Crippen molar-refractivity contribution in [1.82, 2.24) is 0 Å². The molecule has 2 atom stereocenters. The van der Waals surface area contributed by atoms with E-state index in [4.69, 9.17) is 13.9 Å². The maximum absolute atomic E-state index is 12.1. The van der Waals surface area contributed by atoms with Crippen LogP contribution in [-0.4, -0.2) is 18.2 Å². The van der Waals surface area contributed by atoms with Gasteiger partial charge in [0.15, 0.2) is 6.10 Å². The van der Waals surface area contributed by atoms with Gasteiger partial charge < -0.3 is 13.9 Å². The Hall–Kier alpha value is -2.82. The summed E-state index contributed by atoms with van der Waals surface area (Å²) < 4.78 is 16.3. The Morgan fingerprint density at radius 2 is 1.80 bits per heavy atom. The van der Waals surface area contributed by atoms with Crippen LogP contribution in [0.25, 0.3) is 21.7 Å². The summed E-state index contributed by atoms with van der Waals surface area (Å²) in [6, 6.07) is 12.5. The first-order chi connectivity index (χ1) is 12.0. The summed E-state index contributed by atoms with van der Waals surface area (Å²) in [5, 5.41) is 2.18. The van der Waals surface area contributed by atoms with Gasteiger partial charge >= 0.3 is 11.6 Å². The third-order valence-electron chi connectivity index (χ3n) is 4.13. The van der Waals surface area contributed by atoms with Gasteiger partial charge in [0.1, 0.15) is 11.3 Å². The van der Waals surface area contributed by atoms with Gasteiger partial charge in [0.25, 0.3) is 0 Å². The minimum atomic E-state index is -0.751. The Kier molecular flexibility index (Phi) is 4.74. The summed E-state index contributed by atoms with van der Waals surface area (Å²) in [7, 11) is 0. The van der Waals surface area contributed by atoms with Crippen LogP contribution in [0, 0.1) is 0 Å². The van der Waals surface area contributed by atoms with Crippen LogP contribution in [0.5, 0.6) is 5.75 Å². The Morgan fingerprint density at radius 3 is 2.52 bits per heavy atom. The molecule has 2 aromatic carbocycles. The molecule has 0 N–H and O–H groups in total. The monoisotopic (exact) mass is 340 g/mol. The molecule has 0 aliphatic carbocycles. The zero-order valence-electron chi connectivity index (χ0n) is 14.4. The van der Waals surface area contributed by atoms with Crippen LogP contribution in [-0.2, 0) is 9.53 Å². The lowest BCUT2D eigenvalue weighted by molar-refractivity contribution is -0.155. The molecule has 1 heterocycles. The van der Waals surface area contributed by atoms with Gasteiger partial charge in [-0.3, -0.25) is 0 Å². The third kappa shape index (κ3) is 3.50. The first-order valence-electron chi connectivity index (χ1n) is 8.32. The van der Waals surface area contributed by atoms with Crippen LogP contribution in [0.1, 0.15) is 27.2 Å². The minimum absolute atomic E-state index is 0.153. The minimum Gasteiger partial charge on any atom is -0.479 e. The lowest BCUT2D eigenvalue weighted by Crippen LogP contribution is -2.29. The molecule has 5 heteroatoms. The van der Waals surface area contributed by atoms with Crippen molar-refractivity contribution >= 4 is 27.7 Å². The van der Waals surface area contributed by atoms with Crippen molar-refractivity contribution in [3.63, 3.8) is 0 Å². The smallest absolute Gasteiger partial charge is 0.347 e. The molecule has 0 bridgehead atoms. The first kappa shape index (κ1) is 17.0. The fourth-order valence-electron chi connectivity index (χ4n) is 2.56. The van der Waals surface area contributed by atoms with Crippen LogP contribution in [0.4, 0.5) is 0 Å². The van der Waals surface area contributed by atoms with E-state index < -0.39 is 17.7 Å². The van der Waals surface area contributed by atoms with E-state index in [2.05, 4.69) is 0 Å². The number of benzene rings is 2. The topological polar surface area (TPSA) is 65.7 Å². The van der Waals surface area contributed by atoms with Crippen molar-refractivity contribution in [2.45, 2.75) is 39.4 Å². The molecule has 1 aromatic heterocycles. The third-order valence-corrected chi connectivity index (χ3v) is 4.13. The molecule has 0 unspecified atom stereocenters. The SMILES string of the molecule is CC[C@@H](C)OC(=O)[C@H](C)Oc1ccc2c(c1)oc(=O)c1ccccc12. The van der Waals surface area contributed by atoms with Gasteiger partial charge in [-0.25, -0.2) is 9.59 Å². The zero-order chi connectivity index (χ0) is 18.0. The Labute approximate surface area is 145 Å². The van der Waals surface area contributed by atoms with E-state index in [1.165, 1.54) is 0 Å². The molecule has 3 rings (SSSR count). The van der Waals surface area contributed by atoms with Gasteiger partial charge in [-0.05, 0) is 43.9 Å². The van der Waals surface area contributed by atoms with Crippen LogP contribution >= 0.6 is 0 Å². The molecule has 0 aliphatic rings. The summed E-state index contributed by atoms with van der Waals surface area (Å²) in [6.07, 6.45) is -0.162. The van der Waals surface area contributed by atoms with E-state index in [1.807, 2.05) is 32.0 Å². The normalized spacial score (nSPS) is 13.6. The number of rotatable bonds is 5. The molecular weight excluding hydrogens is 320 g/mol. The Bertz CT molecular complexity index is 973. The lowest BCUT2D eigenvalue weighted by Gasteiger charge is -2.17. The summed E-state index contributed by atoms with van der Waals surface area (Å²) in [5.74, 6) is 0.0222. The summed E-state index contributed by atoms with van der Waals surface area (Å²) >= 11 is 0. The van der Waals surface area contributed by atoms with Crippen molar-refractivity contribution in [2.75, 3.05) is 0 Å². The quantitative estimate of drug-likeness (QED) is 0.398. The van der Waals surface area contributed by atoms with E-state index >= 15 is 0 Å². The highest BCUT2D eigenvalue weighted by Gasteiger charge is 2.19. The second-order valence-corrected chi connectivity index (χ2v) is 6.01.